The lowest BCUT2D eigenvalue weighted by Crippen LogP contribution is -2.29. The fraction of sp³-hybridized carbons (Fsp3) is 0.400. The number of rotatable bonds is 2. The second kappa shape index (κ2) is 7.36. The van der Waals surface area contributed by atoms with Crippen molar-refractivity contribution in [2.75, 3.05) is 13.1 Å². The lowest BCUT2D eigenvalue weighted by Gasteiger charge is -2.07. The van der Waals surface area contributed by atoms with Gasteiger partial charge in [0, 0.05) is 13.1 Å². The van der Waals surface area contributed by atoms with E-state index in [1.807, 2.05) is 13.8 Å². The normalized spacial score (nSPS) is 10.9. The lowest BCUT2D eigenvalue weighted by molar-refractivity contribution is 0.316. The molecule has 2 aliphatic rings. The van der Waals surface area contributed by atoms with Gasteiger partial charge in [0.25, 0.3) is 0 Å². The first kappa shape index (κ1) is 16.0. The number of benzene rings is 1. The molecule has 0 aromatic heterocycles. The number of hydrogen-bond donors (Lipinski definition) is 3. The van der Waals surface area contributed by atoms with Crippen LogP contribution in [0.1, 0.15) is 13.8 Å². The van der Waals surface area contributed by atoms with Crippen molar-refractivity contribution in [3.8, 4) is 11.1 Å². The molecule has 0 fully saturated rings. The molecule has 0 unspecified atom stereocenters. The van der Waals surface area contributed by atoms with Crippen LogP contribution in [0.3, 0.4) is 0 Å². The molecule has 4 N–H and O–H groups in total. The predicted octanol–water partition coefficient (Wildman–Crippen LogP) is 1.22. The monoisotopic (exact) mass is 262 g/mol. The number of hydrazine groups is 1. The van der Waals surface area contributed by atoms with Crippen LogP contribution in [0.15, 0.2) is 24.3 Å². The molecule has 0 radical (unpaired) electrons. The average molecular weight is 262 g/mol. The summed E-state index contributed by atoms with van der Waals surface area (Å²) in [4.78, 5) is 0. The van der Waals surface area contributed by atoms with Crippen LogP contribution in [0.2, 0.25) is 0 Å². The summed E-state index contributed by atoms with van der Waals surface area (Å²) in [5.74, 6) is 5.31. The molecule has 7 heteroatoms. The summed E-state index contributed by atoms with van der Waals surface area (Å²) in [5.41, 5.74) is 2.85. The van der Waals surface area contributed by atoms with Crippen molar-refractivity contribution in [3.05, 3.63) is 24.3 Å². The standard InChI is InChI=1S/C6H4.C4H12N2.H2O4S/c1-2-5-4-6(5)3-1;1-3-6(5)4-2;1-5(2,3)4/h1-4H;3-5H2,1-2H3;(H2,1,2,3,4). The van der Waals surface area contributed by atoms with Crippen molar-refractivity contribution < 1.29 is 17.5 Å². The minimum absolute atomic E-state index is 0.941. The molecule has 0 heterocycles. The number of nitrogens with zero attached hydrogens (tertiary/aromatic N) is 1. The molecule has 6 nitrogen and oxygen atoms in total. The Kier molecular flexibility index (Phi) is 6.93. The maximum atomic E-state index is 8.74. The molecule has 0 saturated carbocycles. The molecular formula is C10H18N2O4S. The molecule has 0 aromatic rings. The van der Waals surface area contributed by atoms with E-state index in [0.717, 1.165) is 13.1 Å². The Morgan fingerprint density at radius 1 is 1.18 bits per heavy atom. The molecule has 17 heavy (non-hydrogen) atoms. The van der Waals surface area contributed by atoms with Gasteiger partial charge in [0.05, 0.1) is 0 Å². The smallest absolute Gasteiger partial charge is 0.269 e. The van der Waals surface area contributed by atoms with Gasteiger partial charge in [-0.1, -0.05) is 32.0 Å². The van der Waals surface area contributed by atoms with Crippen molar-refractivity contribution in [3.63, 3.8) is 0 Å². The second-order valence-corrected chi connectivity index (χ2v) is 4.15. The van der Waals surface area contributed by atoms with Gasteiger partial charge < -0.3 is 0 Å². The van der Waals surface area contributed by atoms with Gasteiger partial charge in [0.15, 0.2) is 0 Å². The van der Waals surface area contributed by atoms with E-state index in [1.54, 1.807) is 5.01 Å². The molecule has 0 atom stereocenters. The third kappa shape index (κ3) is 11.3. The van der Waals surface area contributed by atoms with Crippen molar-refractivity contribution >= 4 is 10.4 Å². The third-order valence-corrected chi connectivity index (χ3v) is 1.92. The highest BCUT2D eigenvalue weighted by atomic mass is 32.3. The number of nitrogens with two attached hydrogens (primary N) is 1. The van der Waals surface area contributed by atoms with Crippen LogP contribution >= 0.6 is 0 Å². The highest BCUT2D eigenvalue weighted by Crippen LogP contribution is 2.32. The van der Waals surface area contributed by atoms with Gasteiger partial charge in [0.1, 0.15) is 0 Å². The van der Waals surface area contributed by atoms with Gasteiger partial charge in [-0.3, -0.25) is 14.9 Å². The first-order valence-electron chi connectivity index (χ1n) is 5.07. The van der Waals surface area contributed by atoms with Crippen LogP contribution in [-0.4, -0.2) is 35.6 Å². The summed E-state index contributed by atoms with van der Waals surface area (Å²) >= 11 is 0. The van der Waals surface area contributed by atoms with E-state index in [0.29, 0.717) is 0 Å². The fourth-order valence-corrected chi connectivity index (χ4v) is 0.899. The number of hydrogen-bond acceptors (Lipinski definition) is 4. The quantitative estimate of drug-likeness (QED) is 0.427. The van der Waals surface area contributed by atoms with E-state index in [-0.39, 0.29) is 0 Å². The molecule has 0 amide bonds. The minimum Gasteiger partial charge on any atom is -0.269 e. The summed E-state index contributed by atoms with van der Waals surface area (Å²) in [7, 11) is -4.67. The Balaban J connectivity index is 0.000000228. The van der Waals surface area contributed by atoms with Gasteiger partial charge in [-0.25, -0.2) is 5.01 Å². The van der Waals surface area contributed by atoms with Gasteiger partial charge in [-0.15, -0.1) is 0 Å². The van der Waals surface area contributed by atoms with Crippen molar-refractivity contribution in [2.45, 2.75) is 13.8 Å². The Hall–Kier alpha value is -0.990. The minimum atomic E-state index is -4.67. The summed E-state index contributed by atoms with van der Waals surface area (Å²) in [6.45, 7) is 5.94. The molecule has 0 spiro atoms. The van der Waals surface area contributed by atoms with Crippen LogP contribution < -0.4 is 5.84 Å². The zero-order chi connectivity index (χ0) is 13.5. The first-order chi connectivity index (χ1) is 7.77. The Morgan fingerprint density at radius 3 is 1.59 bits per heavy atom. The van der Waals surface area contributed by atoms with Crippen LogP contribution in [-0.2, 0) is 10.4 Å². The molecule has 0 aliphatic heterocycles. The highest BCUT2D eigenvalue weighted by Gasteiger charge is 2.06. The van der Waals surface area contributed by atoms with E-state index >= 15 is 0 Å². The Morgan fingerprint density at radius 2 is 1.53 bits per heavy atom. The molecule has 0 aromatic carbocycles. The van der Waals surface area contributed by atoms with E-state index in [9.17, 15) is 0 Å². The summed E-state index contributed by atoms with van der Waals surface area (Å²) in [6.07, 6.45) is 0. The summed E-state index contributed by atoms with van der Waals surface area (Å²) < 4.78 is 31.6. The van der Waals surface area contributed by atoms with E-state index in [1.165, 1.54) is 11.1 Å². The highest BCUT2D eigenvalue weighted by molar-refractivity contribution is 7.79. The third-order valence-electron chi connectivity index (χ3n) is 1.92. The summed E-state index contributed by atoms with van der Waals surface area (Å²) in [6, 6.07) is 8.48. The van der Waals surface area contributed by atoms with E-state index < -0.39 is 10.4 Å². The molecular weight excluding hydrogens is 244 g/mol. The Bertz CT molecular complexity index is 404. The largest absolute Gasteiger partial charge is 0.394 e. The number of fused-ring (bicyclic) bond motifs is 1. The van der Waals surface area contributed by atoms with Crippen LogP contribution in [0, 0.1) is 0 Å². The van der Waals surface area contributed by atoms with Gasteiger partial charge in [-0.2, -0.15) is 8.42 Å². The van der Waals surface area contributed by atoms with Crippen molar-refractivity contribution in [1.29, 1.82) is 0 Å². The van der Waals surface area contributed by atoms with Gasteiger partial charge in [0.2, 0.25) is 0 Å². The first-order valence-corrected chi connectivity index (χ1v) is 6.47. The predicted molar refractivity (Wildman–Crippen MR) is 66.7 cm³/mol. The van der Waals surface area contributed by atoms with Gasteiger partial charge >= 0.3 is 10.4 Å². The molecule has 98 valence electrons. The maximum absolute atomic E-state index is 8.74. The van der Waals surface area contributed by atoms with Crippen molar-refractivity contribution in [1.82, 2.24) is 5.01 Å². The van der Waals surface area contributed by atoms with E-state index in [2.05, 4.69) is 24.3 Å². The average Bonchev–Trinajstić information content (AvgIpc) is 2.83. The molecule has 0 bridgehead atoms. The van der Waals surface area contributed by atoms with E-state index in [4.69, 9.17) is 23.4 Å². The fourth-order valence-electron chi connectivity index (χ4n) is 0.899. The topological polar surface area (TPSA) is 104 Å². The van der Waals surface area contributed by atoms with Crippen LogP contribution in [0.25, 0.3) is 11.1 Å². The molecule has 2 rings (SSSR count). The van der Waals surface area contributed by atoms with Crippen molar-refractivity contribution in [2.24, 2.45) is 5.84 Å². The van der Waals surface area contributed by atoms with Gasteiger partial charge in [-0.05, 0) is 17.2 Å². The Labute approximate surface area is 102 Å². The zero-order valence-electron chi connectivity index (χ0n) is 9.87. The summed E-state index contributed by atoms with van der Waals surface area (Å²) in [5, 5.41) is 1.75. The van der Waals surface area contributed by atoms with Crippen LogP contribution in [0.5, 0.6) is 0 Å². The molecule has 2 aliphatic carbocycles. The second-order valence-electron chi connectivity index (χ2n) is 3.25. The van der Waals surface area contributed by atoms with Crippen LogP contribution in [0.4, 0.5) is 0 Å². The lowest BCUT2D eigenvalue weighted by atomic mass is 10.6. The maximum Gasteiger partial charge on any atom is 0.394 e. The molecule has 0 saturated heterocycles. The SMILES string of the molecule is CCN(N)CC.O=S(=O)(O)O.c1cc2cc-2c1. The zero-order valence-corrected chi connectivity index (χ0v) is 10.7.